The Morgan fingerprint density at radius 1 is 1.00 bits per heavy atom. The van der Waals surface area contributed by atoms with E-state index in [1.165, 1.54) is 11.1 Å². The third kappa shape index (κ3) is 6.60. The smallest absolute Gasteiger partial charge is 0.336 e. The molecule has 0 spiro atoms. The average molecular weight is 616 g/mol. The molecule has 7 heteroatoms. The molecule has 1 aliphatic rings. The zero-order valence-corrected chi connectivity index (χ0v) is 24.5. The molecule has 0 saturated carbocycles. The van der Waals surface area contributed by atoms with Crippen molar-refractivity contribution in [1.82, 2.24) is 9.55 Å². The summed E-state index contributed by atoms with van der Waals surface area (Å²) in [6, 6.07) is 26.4. The minimum absolute atomic E-state index is 0.0259. The molecule has 204 valence electrons. The molecule has 1 aliphatic carbocycles. The molecule has 40 heavy (non-hydrogen) atoms. The second-order valence-corrected chi connectivity index (χ2v) is 11.9. The molecule has 0 radical (unpaired) electrons. The number of benzene rings is 3. The van der Waals surface area contributed by atoms with Crippen molar-refractivity contribution in [3.63, 3.8) is 0 Å². The Hall–Kier alpha value is -3.55. The molecule has 2 N–H and O–H groups in total. The van der Waals surface area contributed by atoms with Crippen LogP contribution in [0.25, 0.3) is 0 Å². The number of aromatic nitrogens is 2. The van der Waals surface area contributed by atoms with Gasteiger partial charge in [0.05, 0.1) is 12.1 Å². The molecule has 1 unspecified atom stereocenters. The number of nitrogens with one attached hydrogen (secondary N) is 1. The Labute approximate surface area is 247 Å². The van der Waals surface area contributed by atoms with E-state index >= 15 is 0 Å². The molecule has 1 atom stereocenters. The van der Waals surface area contributed by atoms with Gasteiger partial charge in [-0.25, -0.2) is 9.59 Å². The lowest BCUT2D eigenvalue weighted by molar-refractivity contribution is 0.0695. The largest absolute Gasteiger partial charge is 0.478 e. The van der Waals surface area contributed by atoms with E-state index in [2.05, 4.69) is 93.7 Å². The summed E-state index contributed by atoms with van der Waals surface area (Å²) in [5.74, 6) is -0.853. The first-order valence-electron chi connectivity index (χ1n) is 13.4. The van der Waals surface area contributed by atoms with Crippen molar-refractivity contribution in [3.05, 3.63) is 145 Å². The van der Waals surface area contributed by atoms with Gasteiger partial charge in [0.2, 0.25) is 0 Å². The number of halogens is 1. The predicted octanol–water partition coefficient (Wildman–Crippen LogP) is 7.71. The maximum atomic E-state index is 12.8. The van der Waals surface area contributed by atoms with E-state index in [9.17, 15) is 14.7 Å². The Bertz CT molecular complexity index is 1600. The number of hydrogen-bond acceptors (Lipinski definition) is 3. The number of rotatable bonds is 8. The molecular formula is C33H31BrN2O3S. The van der Waals surface area contributed by atoms with Crippen LogP contribution in [0.1, 0.15) is 57.8 Å². The topological polar surface area (TPSA) is 75.1 Å². The maximum Gasteiger partial charge on any atom is 0.336 e. The number of H-pyrrole nitrogens is 1. The monoisotopic (exact) mass is 614 g/mol. The van der Waals surface area contributed by atoms with Gasteiger partial charge in [-0.1, -0.05) is 91.1 Å². The van der Waals surface area contributed by atoms with E-state index in [1.807, 2.05) is 12.3 Å². The van der Waals surface area contributed by atoms with E-state index < -0.39 is 5.97 Å². The highest BCUT2D eigenvalue weighted by Crippen LogP contribution is 2.41. The molecule has 0 amide bonds. The molecule has 0 fully saturated rings. The summed E-state index contributed by atoms with van der Waals surface area (Å²) in [5, 5.41) is 9.49. The van der Waals surface area contributed by atoms with Crippen LogP contribution in [0.3, 0.4) is 0 Å². The Morgan fingerprint density at radius 3 is 2.27 bits per heavy atom. The number of carboxylic acid groups (broad SMARTS) is 1. The van der Waals surface area contributed by atoms with Crippen molar-refractivity contribution in [3.8, 4) is 0 Å². The van der Waals surface area contributed by atoms with Crippen molar-refractivity contribution in [2.24, 2.45) is 5.41 Å². The summed E-state index contributed by atoms with van der Waals surface area (Å²) in [7, 11) is 0. The zero-order chi connectivity index (χ0) is 28.1. The van der Waals surface area contributed by atoms with Crippen LogP contribution in [0.2, 0.25) is 0 Å². The van der Waals surface area contributed by atoms with Crippen molar-refractivity contribution in [1.29, 1.82) is 0 Å². The molecule has 0 saturated heterocycles. The lowest BCUT2D eigenvalue weighted by Gasteiger charge is -2.31. The third-order valence-electron chi connectivity index (χ3n) is 7.77. The number of carbonyl (C=O) groups is 1. The van der Waals surface area contributed by atoms with E-state index in [-0.39, 0.29) is 29.1 Å². The van der Waals surface area contributed by atoms with Gasteiger partial charge in [0.15, 0.2) is 0 Å². The van der Waals surface area contributed by atoms with Crippen LogP contribution >= 0.6 is 28.1 Å². The van der Waals surface area contributed by atoms with E-state index in [1.54, 1.807) is 16.7 Å². The summed E-state index contributed by atoms with van der Waals surface area (Å²) in [4.78, 5) is 27.3. The Balaban J connectivity index is 1.42. The van der Waals surface area contributed by atoms with Crippen LogP contribution in [-0.4, -0.2) is 20.6 Å². The van der Waals surface area contributed by atoms with E-state index in [4.69, 9.17) is 12.2 Å². The van der Waals surface area contributed by atoms with Crippen LogP contribution in [0.4, 0.5) is 0 Å². The van der Waals surface area contributed by atoms with Crippen molar-refractivity contribution >= 4 is 34.1 Å². The molecular weight excluding hydrogens is 584 g/mol. The zero-order valence-electron chi connectivity index (χ0n) is 22.1. The highest BCUT2D eigenvalue weighted by atomic mass is 79.9. The normalized spacial score (nSPS) is 16.4. The molecule has 0 bridgehead atoms. The molecule has 1 aromatic heterocycles. The lowest BCUT2D eigenvalue weighted by Crippen LogP contribution is -2.26. The second-order valence-electron chi connectivity index (χ2n) is 10.7. The fourth-order valence-corrected chi connectivity index (χ4v) is 6.48. The van der Waals surface area contributed by atoms with Crippen LogP contribution in [0.15, 0.2) is 106 Å². The van der Waals surface area contributed by atoms with Gasteiger partial charge >= 0.3 is 11.7 Å². The Kier molecular flexibility index (Phi) is 8.62. The van der Waals surface area contributed by atoms with Crippen molar-refractivity contribution < 1.29 is 9.90 Å². The number of carboxylic acids is 1. The molecule has 5 nitrogen and oxygen atoms in total. The number of aromatic amines is 1. The quantitative estimate of drug-likeness (QED) is 0.157. The van der Waals surface area contributed by atoms with Crippen LogP contribution < -0.4 is 5.69 Å². The predicted molar refractivity (Wildman–Crippen MR) is 165 cm³/mol. The summed E-state index contributed by atoms with van der Waals surface area (Å²) in [5.41, 5.74) is 4.15. The average Bonchev–Trinajstić information content (AvgIpc) is 3.14. The summed E-state index contributed by atoms with van der Waals surface area (Å²) in [6.45, 7) is 0.250. The highest BCUT2D eigenvalue weighted by Gasteiger charge is 2.31. The second kappa shape index (κ2) is 12.3. The van der Waals surface area contributed by atoms with Gasteiger partial charge in [-0.15, -0.1) is 0 Å². The number of hydrogen-bond donors (Lipinski definition) is 2. The number of aromatic carboxylic acids is 1. The van der Waals surface area contributed by atoms with E-state index in [0.717, 1.165) is 43.2 Å². The molecule has 4 aromatic rings. The fraction of sp³-hybridized carbons (Fsp3) is 0.242. The van der Waals surface area contributed by atoms with E-state index in [0.29, 0.717) is 9.11 Å². The molecule has 5 rings (SSSR count). The van der Waals surface area contributed by atoms with Gasteiger partial charge in [0.25, 0.3) is 0 Å². The van der Waals surface area contributed by atoms with Gasteiger partial charge in [-0.3, -0.25) is 9.55 Å². The first-order valence-corrected chi connectivity index (χ1v) is 14.6. The summed E-state index contributed by atoms with van der Waals surface area (Å²) < 4.78 is 2.57. The minimum atomic E-state index is -1.02. The van der Waals surface area contributed by atoms with Gasteiger partial charge < -0.3 is 5.11 Å². The molecule has 1 heterocycles. The van der Waals surface area contributed by atoms with Crippen molar-refractivity contribution in [2.45, 2.75) is 44.6 Å². The number of nitrogens with zero attached hydrogens (tertiary/aromatic N) is 1. The molecule has 3 aromatic carbocycles. The van der Waals surface area contributed by atoms with Gasteiger partial charge in [0.1, 0.15) is 4.64 Å². The minimum Gasteiger partial charge on any atom is -0.478 e. The Morgan fingerprint density at radius 2 is 1.65 bits per heavy atom. The fourth-order valence-electron chi connectivity index (χ4n) is 5.76. The van der Waals surface area contributed by atoms with Crippen LogP contribution in [-0.2, 0) is 19.4 Å². The van der Waals surface area contributed by atoms with Gasteiger partial charge in [-0.2, -0.15) is 0 Å². The summed E-state index contributed by atoms with van der Waals surface area (Å²) >= 11 is 8.94. The first-order chi connectivity index (χ1) is 19.3. The van der Waals surface area contributed by atoms with Gasteiger partial charge in [-0.05, 0) is 88.2 Å². The van der Waals surface area contributed by atoms with Gasteiger partial charge in [0, 0.05) is 16.2 Å². The molecule has 0 aliphatic heterocycles. The van der Waals surface area contributed by atoms with Crippen LogP contribution in [0.5, 0.6) is 0 Å². The third-order valence-corrected chi connectivity index (χ3v) is 8.80. The SMILES string of the molecule is O=C(O)c1cc(Cn2cc(C3CC=CC(Cc4ccccc4)(Cc4ccccc4)CC3)c(=S)[nH]c2=O)ccc1Br. The standard InChI is InChI=1S/C33H31BrN2O3S/c34-29-14-13-25(18-27(29)31(37)38)21-36-22-28(30(40)35-32(36)39)26-12-7-16-33(17-15-26,19-23-8-3-1-4-9-23)20-24-10-5-2-6-11-24/h1-11,13-14,16,18,22,26H,12,15,17,19-21H2,(H,37,38)(H,35,39,40). The first kappa shape index (κ1) is 28.0. The number of allylic oxidation sites excluding steroid dienone is 2. The lowest BCUT2D eigenvalue weighted by atomic mass is 9.73. The highest BCUT2D eigenvalue weighted by molar-refractivity contribution is 9.10. The van der Waals surface area contributed by atoms with Crippen LogP contribution in [0, 0.1) is 10.1 Å². The summed E-state index contributed by atoms with van der Waals surface area (Å²) in [6.07, 6.45) is 11.2. The van der Waals surface area contributed by atoms with Crippen molar-refractivity contribution in [2.75, 3.05) is 0 Å². The maximum absolute atomic E-state index is 12.8.